The molecule has 0 bridgehead atoms. The summed E-state index contributed by atoms with van der Waals surface area (Å²) < 4.78 is 65.3. The van der Waals surface area contributed by atoms with E-state index >= 15 is 0 Å². The SMILES string of the molecule is C=CCOC(=O)Oc1ccc2c(=O)c(Oc3ccc(OC)cc3)c(C(F)(F)F)oc2c1. The highest BCUT2D eigenvalue weighted by molar-refractivity contribution is 5.80. The zero-order valence-electron chi connectivity index (χ0n) is 16.0. The average molecular weight is 436 g/mol. The Morgan fingerprint density at radius 3 is 2.35 bits per heavy atom. The van der Waals surface area contributed by atoms with Gasteiger partial charge >= 0.3 is 12.3 Å². The number of alkyl halides is 3. The van der Waals surface area contributed by atoms with Crippen LogP contribution in [-0.2, 0) is 10.9 Å². The van der Waals surface area contributed by atoms with Gasteiger partial charge in [0.15, 0.2) is 0 Å². The number of methoxy groups -OCH3 is 1. The van der Waals surface area contributed by atoms with E-state index < -0.39 is 34.9 Å². The van der Waals surface area contributed by atoms with E-state index in [9.17, 15) is 22.8 Å². The van der Waals surface area contributed by atoms with Crippen LogP contribution in [0.4, 0.5) is 18.0 Å². The fourth-order valence-electron chi connectivity index (χ4n) is 2.51. The number of hydrogen-bond donors (Lipinski definition) is 0. The standard InChI is InChI=1S/C21H15F3O7/c1-3-10-28-20(26)30-14-8-9-15-16(11-14)31-19(21(22,23)24)18(17(15)25)29-13-6-4-12(27-2)5-7-13/h3-9,11H,1,10H2,2H3. The van der Waals surface area contributed by atoms with Gasteiger partial charge in [-0.1, -0.05) is 12.7 Å². The minimum absolute atomic E-state index is 0.0251. The minimum atomic E-state index is -5.03. The first-order valence-electron chi connectivity index (χ1n) is 8.68. The van der Waals surface area contributed by atoms with E-state index in [0.717, 1.165) is 12.1 Å². The first kappa shape index (κ1) is 21.8. The quantitative estimate of drug-likeness (QED) is 0.294. The van der Waals surface area contributed by atoms with Crippen LogP contribution in [0.3, 0.4) is 0 Å². The van der Waals surface area contributed by atoms with Gasteiger partial charge in [0, 0.05) is 6.07 Å². The monoisotopic (exact) mass is 436 g/mol. The Morgan fingerprint density at radius 1 is 1.10 bits per heavy atom. The molecule has 0 atom stereocenters. The molecular formula is C21H15F3O7. The van der Waals surface area contributed by atoms with Crippen LogP contribution >= 0.6 is 0 Å². The summed E-state index contributed by atoms with van der Waals surface area (Å²) in [5.74, 6) is -2.41. The second kappa shape index (κ2) is 8.82. The Hall–Kier alpha value is -3.95. The normalized spacial score (nSPS) is 11.1. The molecule has 31 heavy (non-hydrogen) atoms. The van der Waals surface area contributed by atoms with Gasteiger partial charge in [0.25, 0.3) is 5.76 Å². The summed E-state index contributed by atoms with van der Waals surface area (Å²) >= 11 is 0. The molecule has 0 saturated heterocycles. The molecule has 0 aliphatic rings. The van der Waals surface area contributed by atoms with Crippen LogP contribution in [0.5, 0.6) is 23.0 Å². The van der Waals surface area contributed by atoms with Crippen LogP contribution in [0.15, 0.2) is 64.3 Å². The Morgan fingerprint density at radius 2 is 1.74 bits per heavy atom. The number of carbonyl (C=O) groups excluding carboxylic acids is 1. The molecule has 0 amide bonds. The average Bonchev–Trinajstić information content (AvgIpc) is 2.73. The number of rotatable bonds is 6. The van der Waals surface area contributed by atoms with E-state index in [1.807, 2.05) is 0 Å². The summed E-state index contributed by atoms with van der Waals surface area (Å²) in [4.78, 5) is 24.3. The molecular weight excluding hydrogens is 421 g/mol. The van der Waals surface area contributed by atoms with Crippen molar-refractivity contribution in [1.29, 1.82) is 0 Å². The Balaban J connectivity index is 2.04. The van der Waals surface area contributed by atoms with Gasteiger partial charge in [0.1, 0.15) is 29.4 Å². The maximum absolute atomic E-state index is 13.6. The molecule has 3 aromatic rings. The number of fused-ring (bicyclic) bond motifs is 1. The molecule has 0 spiro atoms. The molecule has 0 saturated carbocycles. The molecule has 10 heteroatoms. The van der Waals surface area contributed by atoms with Crippen molar-refractivity contribution in [2.75, 3.05) is 13.7 Å². The fraction of sp³-hybridized carbons (Fsp3) is 0.143. The van der Waals surface area contributed by atoms with Crippen LogP contribution < -0.4 is 19.6 Å². The largest absolute Gasteiger partial charge is 0.514 e. The first-order valence-corrected chi connectivity index (χ1v) is 8.68. The van der Waals surface area contributed by atoms with Crippen molar-refractivity contribution in [3.8, 4) is 23.0 Å². The van der Waals surface area contributed by atoms with Crippen LogP contribution in [0.1, 0.15) is 5.76 Å². The molecule has 1 heterocycles. The van der Waals surface area contributed by atoms with E-state index in [1.54, 1.807) is 0 Å². The maximum atomic E-state index is 13.6. The predicted molar refractivity (Wildman–Crippen MR) is 103 cm³/mol. The van der Waals surface area contributed by atoms with Gasteiger partial charge in [0.05, 0.1) is 12.5 Å². The number of ether oxygens (including phenoxy) is 4. The summed E-state index contributed by atoms with van der Waals surface area (Å²) in [5, 5.41) is -0.205. The lowest BCUT2D eigenvalue weighted by Crippen LogP contribution is -2.16. The van der Waals surface area contributed by atoms with Crippen LogP contribution in [0.2, 0.25) is 0 Å². The lowest BCUT2D eigenvalue weighted by Gasteiger charge is -2.13. The van der Waals surface area contributed by atoms with Crippen LogP contribution in [0, 0.1) is 0 Å². The van der Waals surface area contributed by atoms with Gasteiger partial charge in [-0.2, -0.15) is 13.2 Å². The van der Waals surface area contributed by atoms with Crippen LogP contribution in [0.25, 0.3) is 11.0 Å². The first-order chi connectivity index (χ1) is 14.7. The second-order valence-corrected chi connectivity index (χ2v) is 5.97. The Bertz CT molecular complexity index is 1160. The molecule has 162 valence electrons. The van der Waals surface area contributed by atoms with Crippen LogP contribution in [-0.4, -0.2) is 19.9 Å². The highest BCUT2D eigenvalue weighted by Gasteiger charge is 2.40. The van der Waals surface area contributed by atoms with E-state index in [4.69, 9.17) is 18.6 Å². The number of benzene rings is 2. The molecule has 0 unspecified atom stereocenters. The number of carbonyl (C=O) groups is 1. The molecule has 0 N–H and O–H groups in total. The van der Waals surface area contributed by atoms with Gasteiger partial charge in [-0.3, -0.25) is 4.79 Å². The third-order valence-corrected chi connectivity index (χ3v) is 3.88. The van der Waals surface area contributed by atoms with Gasteiger partial charge in [-0.15, -0.1) is 0 Å². The summed E-state index contributed by atoms with van der Waals surface area (Å²) in [6.07, 6.45) is -4.83. The zero-order valence-corrected chi connectivity index (χ0v) is 16.0. The lowest BCUT2D eigenvalue weighted by atomic mass is 10.2. The molecule has 0 fully saturated rings. The second-order valence-electron chi connectivity index (χ2n) is 5.97. The van der Waals surface area contributed by atoms with E-state index in [1.165, 1.54) is 43.5 Å². The zero-order chi connectivity index (χ0) is 22.6. The third kappa shape index (κ3) is 4.97. The topological polar surface area (TPSA) is 84.2 Å². The third-order valence-electron chi connectivity index (χ3n) is 3.88. The number of halogens is 3. The minimum Gasteiger partial charge on any atom is -0.497 e. The predicted octanol–water partition coefficient (Wildman–Crippen LogP) is 5.31. The summed E-state index contributed by atoms with van der Waals surface area (Å²) in [6, 6.07) is 8.93. The molecule has 7 nitrogen and oxygen atoms in total. The van der Waals surface area contributed by atoms with E-state index in [2.05, 4.69) is 11.3 Å². The summed E-state index contributed by atoms with van der Waals surface area (Å²) in [5.41, 5.74) is -1.50. The van der Waals surface area contributed by atoms with Gasteiger partial charge in [-0.25, -0.2) is 4.79 Å². The van der Waals surface area contributed by atoms with Crippen molar-refractivity contribution >= 4 is 17.1 Å². The van der Waals surface area contributed by atoms with Crippen molar-refractivity contribution < 1.29 is 41.3 Å². The fourth-order valence-corrected chi connectivity index (χ4v) is 2.51. The number of hydrogen-bond acceptors (Lipinski definition) is 7. The smallest absolute Gasteiger partial charge is 0.497 e. The maximum Gasteiger partial charge on any atom is 0.514 e. The molecule has 2 aromatic carbocycles. The van der Waals surface area contributed by atoms with E-state index in [0.29, 0.717) is 5.75 Å². The molecule has 0 radical (unpaired) electrons. The molecule has 1 aromatic heterocycles. The summed E-state index contributed by atoms with van der Waals surface area (Å²) in [6.45, 7) is 3.24. The van der Waals surface area contributed by atoms with Crippen molar-refractivity contribution in [3.63, 3.8) is 0 Å². The van der Waals surface area contributed by atoms with Gasteiger partial charge in [-0.05, 0) is 36.4 Å². The van der Waals surface area contributed by atoms with Crippen molar-refractivity contribution in [2.45, 2.75) is 6.18 Å². The molecule has 0 aliphatic carbocycles. The van der Waals surface area contributed by atoms with E-state index in [-0.39, 0.29) is 23.5 Å². The molecule has 3 rings (SSSR count). The van der Waals surface area contributed by atoms with Crippen molar-refractivity contribution in [2.24, 2.45) is 0 Å². The Labute approximate surface area is 173 Å². The van der Waals surface area contributed by atoms with Gasteiger partial charge in [0.2, 0.25) is 11.2 Å². The van der Waals surface area contributed by atoms with Gasteiger partial charge < -0.3 is 23.4 Å². The highest BCUT2D eigenvalue weighted by Crippen LogP contribution is 2.38. The Kier molecular flexibility index (Phi) is 6.19. The van der Waals surface area contributed by atoms with Crippen molar-refractivity contribution in [3.05, 3.63) is 71.1 Å². The summed E-state index contributed by atoms with van der Waals surface area (Å²) in [7, 11) is 1.42. The van der Waals surface area contributed by atoms with Crippen molar-refractivity contribution in [1.82, 2.24) is 0 Å². The highest BCUT2D eigenvalue weighted by atomic mass is 19.4. The molecule has 0 aliphatic heterocycles. The lowest BCUT2D eigenvalue weighted by molar-refractivity contribution is -0.154.